The van der Waals surface area contributed by atoms with Gasteiger partial charge in [0.05, 0.1) is 7.11 Å². The van der Waals surface area contributed by atoms with Crippen LogP contribution in [0.15, 0.2) is 29.7 Å². The van der Waals surface area contributed by atoms with E-state index < -0.39 is 6.61 Å². The van der Waals surface area contributed by atoms with E-state index in [0.29, 0.717) is 10.9 Å². The normalized spacial score (nSPS) is 10.8. The summed E-state index contributed by atoms with van der Waals surface area (Å²) in [5, 5.41) is 8.03. The molecule has 1 aromatic carbocycles. The second kappa shape index (κ2) is 6.42. The molecule has 2 N–H and O–H groups in total. The minimum atomic E-state index is -2.89. The van der Waals surface area contributed by atoms with Crippen molar-refractivity contribution in [2.45, 2.75) is 17.5 Å². The average Bonchev–Trinajstić information content (AvgIpc) is 2.82. The van der Waals surface area contributed by atoms with E-state index in [-0.39, 0.29) is 11.5 Å². The molecule has 20 heavy (non-hydrogen) atoms. The molecule has 0 saturated carbocycles. The Bertz CT molecular complexity index is 579. The lowest BCUT2D eigenvalue weighted by molar-refractivity contribution is -0.0512. The highest BCUT2D eigenvalue weighted by Gasteiger charge is 2.11. The zero-order valence-corrected chi connectivity index (χ0v) is 11.3. The standard InChI is InChI=1S/C11H12F2N4O2S/c1-18-9-4-7(2-3-8(9)19-10(12)13)5-20-11-16-15-6-17(11)14/h2-4,6,10H,5,14H2,1H3. The third kappa shape index (κ3) is 3.50. The van der Waals surface area contributed by atoms with Crippen LogP contribution in [0.4, 0.5) is 8.78 Å². The van der Waals surface area contributed by atoms with Crippen LogP contribution in [0.1, 0.15) is 5.56 Å². The van der Waals surface area contributed by atoms with Crippen LogP contribution in [0.5, 0.6) is 11.5 Å². The van der Waals surface area contributed by atoms with Crippen molar-refractivity contribution >= 4 is 11.8 Å². The number of nitrogen functional groups attached to an aromatic ring is 1. The van der Waals surface area contributed by atoms with Crippen LogP contribution < -0.4 is 15.3 Å². The molecule has 0 amide bonds. The number of rotatable bonds is 6. The zero-order chi connectivity index (χ0) is 14.5. The molecular weight excluding hydrogens is 290 g/mol. The number of nitrogens with two attached hydrogens (primary N) is 1. The monoisotopic (exact) mass is 302 g/mol. The number of thioether (sulfide) groups is 1. The van der Waals surface area contributed by atoms with Crippen molar-refractivity contribution < 1.29 is 18.3 Å². The number of ether oxygens (including phenoxy) is 2. The smallest absolute Gasteiger partial charge is 0.387 e. The van der Waals surface area contributed by atoms with E-state index in [2.05, 4.69) is 14.9 Å². The fraction of sp³-hybridized carbons (Fsp3) is 0.273. The van der Waals surface area contributed by atoms with Gasteiger partial charge in [0.1, 0.15) is 6.33 Å². The first-order valence-corrected chi connectivity index (χ1v) is 6.48. The van der Waals surface area contributed by atoms with Crippen molar-refractivity contribution in [3.63, 3.8) is 0 Å². The van der Waals surface area contributed by atoms with E-state index in [1.54, 1.807) is 12.1 Å². The Morgan fingerprint density at radius 3 is 2.80 bits per heavy atom. The molecule has 0 fully saturated rings. The second-order valence-electron chi connectivity index (χ2n) is 3.67. The summed E-state index contributed by atoms with van der Waals surface area (Å²) in [7, 11) is 1.39. The molecule has 9 heteroatoms. The van der Waals surface area contributed by atoms with Gasteiger partial charge >= 0.3 is 6.61 Å². The number of alkyl halides is 2. The van der Waals surface area contributed by atoms with Crippen molar-refractivity contribution in [2.24, 2.45) is 0 Å². The molecule has 1 heterocycles. The molecule has 2 rings (SSSR count). The summed E-state index contributed by atoms with van der Waals surface area (Å²) in [6.07, 6.45) is 1.39. The maximum Gasteiger partial charge on any atom is 0.387 e. The van der Waals surface area contributed by atoms with Gasteiger partial charge in [-0.25, -0.2) is 4.68 Å². The quantitative estimate of drug-likeness (QED) is 0.649. The zero-order valence-electron chi connectivity index (χ0n) is 10.5. The van der Waals surface area contributed by atoms with Gasteiger partial charge < -0.3 is 15.3 Å². The van der Waals surface area contributed by atoms with Gasteiger partial charge in [-0.2, -0.15) is 8.78 Å². The van der Waals surface area contributed by atoms with E-state index in [0.717, 1.165) is 5.56 Å². The van der Waals surface area contributed by atoms with Crippen molar-refractivity contribution in [3.05, 3.63) is 30.1 Å². The van der Waals surface area contributed by atoms with E-state index in [4.69, 9.17) is 10.6 Å². The number of nitrogens with zero attached hydrogens (tertiary/aromatic N) is 3. The fourth-order valence-corrected chi connectivity index (χ4v) is 2.25. The summed E-state index contributed by atoms with van der Waals surface area (Å²) in [6, 6.07) is 4.74. The Hall–Kier alpha value is -2.03. The van der Waals surface area contributed by atoms with Gasteiger partial charge in [0.15, 0.2) is 11.5 Å². The number of methoxy groups -OCH3 is 1. The molecule has 0 saturated heterocycles. The SMILES string of the molecule is COc1cc(CSc2nncn2N)ccc1OC(F)F. The van der Waals surface area contributed by atoms with E-state index in [1.165, 1.54) is 35.9 Å². The Morgan fingerprint density at radius 2 is 2.20 bits per heavy atom. The predicted molar refractivity (Wildman–Crippen MR) is 69.4 cm³/mol. The van der Waals surface area contributed by atoms with Crippen LogP contribution in [0.3, 0.4) is 0 Å². The Labute approximate surface area is 117 Å². The van der Waals surface area contributed by atoms with Crippen LogP contribution in [0.2, 0.25) is 0 Å². The number of aromatic nitrogens is 3. The third-order valence-electron chi connectivity index (χ3n) is 2.35. The molecule has 0 radical (unpaired) electrons. The highest BCUT2D eigenvalue weighted by atomic mass is 32.2. The molecule has 1 aromatic heterocycles. The van der Waals surface area contributed by atoms with Gasteiger partial charge in [0.2, 0.25) is 5.16 Å². The summed E-state index contributed by atoms with van der Waals surface area (Å²) in [4.78, 5) is 0. The molecule has 0 aliphatic rings. The van der Waals surface area contributed by atoms with Gasteiger partial charge in [-0.3, -0.25) is 0 Å². The Kier molecular flexibility index (Phi) is 4.61. The first kappa shape index (κ1) is 14.4. The summed E-state index contributed by atoms with van der Waals surface area (Å²) >= 11 is 1.37. The Balaban J connectivity index is 2.07. The van der Waals surface area contributed by atoms with Gasteiger partial charge in [0.25, 0.3) is 0 Å². The summed E-state index contributed by atoms with van der Waals surface area (Å²) in [6.45, 7) is -2.89. The lowest BCUT2D eigenvalue weighted by Gasteiger charge is -2.11. The van der Waals surface area contributed by atoms with Crippen molar-refractivity contribution in [1.82, 2.24) is 14.9 Å². The van der Waals surface area contributed by atoms with Crippen LogP contribution in [-0.2, 0) is 5.75 Å². The predicted octanol–water partition coefficient (Wildman–Crippen LogP) is 1.89. The molecule has 0 atom stereocenters. The van der Waals surface area contributed by atoms with E-state index >= 15 is 0 Å². The minimum Gasteiger partial charge on any atom is -0.493 e. The highest BCUT2D eigenvalue weighted by Crippen LogP contribution is 2.31. The van der Waals surface area contributed by atoms with Crippen LogP contribution in [-0.4, -0.2) is 28.6 Å². The largest absolute Gasteiger partial charge is 0.493 e. The number of benzene rings is 1. The third-order valence-corrected chi connectivity index (χ3v) is 3.38. The van der Waals surface area contributed by atoms with Gasteiger partial charge in [-0.05, 0) is 17.7 Å². The number of hydrogen-bond donors (Lipinski definition) is 1. The van der Waals surface area contributed by atoms with Gasteiger partial charge in [0, 0.05) is 5.75 Å². The first-order chi connectivity index (χ1) is 9.60. The molecular formula is C11H12F2N4O2S. The second-order valence-corrected chi connectivity index (χ2v) is 4.62. The Morgan fingerprint density at radius 1 is 1.40 bits per heavy atom. The van der Waals surface area contributed by atoms with Gasteiger partial charge in [-0.1, -0.05) is 17.8 Å². The average molecular weight is 302 g/mol. The number of hydrogen-bond acceptors (Lipinski definition) is 6. The van der Waals surface area contributed by atoms with Crippen molar-refractivity contribution in [1.29, 1.82) is 0 Å². The lowest BCUT2D eigenvalue weighted by atomic mass is 10.2. The van der Waals surface area contributed by atoms with Crippen LogP contribution >= 0.6 is 11.8 Å². The van der Waals surface area contributed by atoms with Crippen LogP contribution in [0, 0.1) is 0 Å². The molecule has 0 aliphatic carbocycles. The number of halogens is 2. The minimum absolute atomic E-state index is 0.00163. The maximum absolute atomic E-state index is 12.2. The lowest BCUT2D eigenvalue weighted by Crippen LogP contribution is -2.07. The van der Waals surface area contributed by atoms with E-state index in [9.17, 15) is 8.78 Å². The molecule has 6 nitrogen and oxygen atoms in total. The van der Waals surface area contributed by atoms with E-state index in [1.807, 2.05) is 0 Å². The first-order valence-electron chi connectivity index (χ1n) is 5.49. The summed E-state index contributed by atoms with van der Waals surface area (Å²) in [5.41, 5.74) is 0.858. The molecule has 0 spiro atoms. The van der Waals surface area contributed by atoms with Crippen LogP contribution in [0.25, 0.3) is 0 Å². The van der Waals surface area contributed by atoms with Gasteiger partial charge in [-0.15, -0.1) is 10.2 Å². The maximum atomic E-state index is 12.2. The molecule has 0 bridgehead atoms. The molecule has 2 aromatic rings. The van der Waals surface area contributed by atoms with Crippen molar-refractivity contribution in [3.8, 4) is 11.5 Å². The summed E-state index contributed by atoms with van der Waals surface area (Å²) < 4.78 is 35.1. The molecule has 0 aliphatic heterocycles. The summed E-state index contributed by atoms with van der Waals surface area (Å²) in [5.74, 6) is 6.37. The topological polar surface area (TPSA) is 75.2 Å². The fourth-order valence-electron chi connectivity index (χ4n) is 1.48. The highest BCUT2D eigenvalue weighted by molar-refractivity contribution is 7.98. The molecule has 108 valence electrons. The molecule has 0 unspecified atom stereocenters. The van der Waals surface area contributed by atoms with Crippen molar-refractivity contribution in [2.75, 3.05) is 13.0 Å².